The number of nitrogens with zero attached hydrogens (tertiary/aromatic N) is 2. The van der Waals surface area contributed by atoms with Gasteiger partial charge in [-0.2, -0.15) is 5.10 Å². The molecule has 10 heteroatoms. The molecule has 1 fully saturated rings. The van der Waals surface area contributed by atoms with E-state index in [-0.39, 0.29) is 5.92 Å². The van der Waals surface area contributed by atoms with Gasteiger partial charge in [-0.3, -0.25) is 5.32 Å². The molecule has 1 saturated heterocycles. The van der Waals surface area contributed by atoms with Gasteiger partial charge in [0.15, 0.2) is 11.6 Å². The van der Waals surface area contributed by atoms with E-state index in [0.29, 0.717) is 42.1 Å². The maximum atomic E-state index is 14.0. The van der Waals surface area contributed by atoms with Gasteiger partial charge >= 0.3 is 6.03 Å². The number of carbonyl (C=O) groups is 1. The van der Waals surface area contributed by atoms with E-state index in [2.05, 4.69) is 37.0 Å². The van der Waals surface area contributed by atoms with Crippen molar-refractivity contribution in [1.29, 1.82) is 0 Å². The Bertz CT molecular complexity index is 1170. The predicted octanol–water partition coefficient (Wildman–Crippen LogP) is 4.51. The Morgan fingerprint density at radius 1 is 1.26 bits per heavy atom. The third-order valence-corrected chi connectivity index (χ3v) is 6.97. The molecule has 4 rings (SSSR count). The van der Waals surface area contributed by atoms with E-state index in [1.54, 1.807) is 17.9 Å². The summed E-state index contributed by atoms with van der Waals surface area (Å²) in [5.41, 5.74) is 1.40. The fourth-order valence-electron chi connectivity index (χ4n) is 4.40. The van der Waals surface area contributed by atoms with Crippen molar-refractivity contribution in [3.63, 3.8) is 0 Å². The van der Waals surface area contributed by atoms with Gasteiger partial charge in [-0.1, -0.05) is 24.3 Å². The molecule has 0 unspecified atom stereocenters. The third kappa shape index (κ3) is 4.84. The van der Waals surface area contributed by atoms with Crippen molar-refractivity contribution in [2.24, 2.45) is 0 Å². The minimum atomic E-state index is -0.915. The molecule has 2 atom stereocenters. The summed E-state index contributed by atoms with van der Waals surface area (Å²) in [5.74, 6) is -1.58. The standard InChI is InChI=1S/C24H26BrF2N5O2/c1-15-21(25)31-32(17-6-4-3-5-7-17)22(15)29-23(33)30-24(10-11-34-2)14-28-13-18(24)16-8-9-19(26)20(27)12-16/h3-9,12,18,28H,10-11,13-14H2,1-2H3,(H2,29,30,33)/t18-,24+/m0/s1. The van der Waals surface area contributed by atoms with Crippen molar-refractivity contribution in [2.75, 3.05) is 32.1 Å². The number of methoxy groups -OCH3 is 1. The minimum Gasteiger partial charge on any atom is -0.385 e. The first-order valence-corrected chi connectivity index (χ1v) is 11.7. The van der Waals surface area contributed by atoms with Gasteiger partial charge in [0.2, 0.25) is 0 Å². The zero-order chi connectivity index (χ0) is 24.3. The fourth-order valence-corrected chi connectivity index (χ4v) is 4.75. The number of ether oxygens (including phenoxy) is 1. The summed E-state index contributed by atoms with van der Waals surface area (Å²) in [6.45, 7) is 3.19. The van der Waals surface area contributed by atoms with E-state index in [1.165, 1.54) is 6.07 Å². The summed E-state index contributed by atoms with van der Waals surface area (Å²) in [6, 6.07) is 12.9. The Balaban J connectivity index is 1.62. The lowest BCUT2D eigenvalue weighted by Crippen LogP contribution is -2.55. The van der Waals surface area contributed by atoms with Gasteiger partial charge in [0.05, 0.1) is 11.2 Å². The van der Waals surface area contributed by atoms with Crippen LogP contribution in [0.4, 0.5) is 19.4 Å². The molecule has 0 spiro atoms. The number of benzene rings is 2. The first-order valence-electron chi connectivity index (χ1n) is 10.9. The zero-order valence-electron chi connectivity index (χ0n) is 18.9. The number of nitrogens with one attached hydrogen (secondary N) is 3. The quantitative estimate of drug-likeness (QED) is 0.417. The van der Waals surface area contributed by atoms with Gasteiger partial charge < -0.3 is 15.4 Å². The Hall–Kier alpha value is -2.82. The van der Waals surface area contributed by atoms with Crippen LogP contribution in [0.2, 0.25) is 0 Å². The number of carbonyl (C=O) groups excluding carboxylic acids is 1. The highest BCUT2D eigenvalue weighted by molar-refractivity contribution is 9.10. The summed E-state index contributed by atoms with van der Waals surface area (Å²) in [6.07, 6.45) is 0.480. The van der Waals surface area contributed by atoms with Gasteiger partial charge in [0.25, 0.3) is 0 Å². The number of halogens is 3. The van der Waals surface area contributed by atoms with Crippen LogP contribution in [0.15, 0.2) is 53.1 Å². The molecule has 0 aliphatic carbocycles. The first-order chi connectivity index (χ1) is 16.3. The molecular weight excluding hydrogens is 508 g/mol. The largest absolute Gasteiger partial charge is 0.385 e. The van der Waals surface area contributed by atoms with Crippen molar-refractivity contribution in [3.05, 3.63) is 75.9 Å². The molecule has 3 aromatic rings. The lowest BCUT2D eigenvalue weighted by atomic mass is 9.79. The van der Waals surface area contributed by atoms with Crippen LogP contribution in [0.25, 0.3) is 5.69 Å². The predicted molar refractivity (Wildman–Crippen MR) is 129 cm³/mol. The first kappa shape index (κ1) is 24.3. The van der Waals surface area contributed by atoms with Crippen LogP contribution in [-0.2, 0) is 4.74 Å². The zero-order valence-corrected chi connectivity index (χ0v) is 20.5. The van der Waals surface area contributed by atoms with Crippen LogP contribution in [0.3, 0.4) is 0 Å². The Morgan fingerprint density at radius 3 is 2.74 bits per heavy atom. The number of hydrogen-bond donors (Lipinski definition) is 3. The molecule has 2 amide bonds. The van der Waals surface area contributed by atoms with Gasteiger partial charge in [-0.05, 0) is 59.1 Å². The van der Waals surface area contributed by atoms with Gasteiger partial charge in [-0.15, -0.1) is 0 Å². The van der Waals surface area contributed by atoms with Crippen LogP contribution in [0, 0.1) is 18.6 Å². The van der Waals surface area contributed by atoms with Crippen molar-refractivity contribution >= 4 is 27.8 Å². The highest BCUT2D eigenvalue weighted by Gasteiger charge is 2.45. The van der Waals surface area contributed by atoms with Crippen LogP contribution in [0.5, 0.6) is 0 Å². The topological polar surface area (TPSA) is 80.2 Å². The second kappa shape index (κ2) is 10.2. The molecule has 180 valence electrons. The van der Waals surface area contributed by atoms with Gasteiger partial charge in [-0.25, -0.2) is 18.3 Å². The van der Waals surface area contributed by atoms with Crippen LogP contribution >= 0.6 is 15.9 Å². The lowest BCUT2D eigenvalue weighted by Gasteiger charge is -2.36. The van der Waals surface area contributed by atoms with Crippen LogP contribution < -0.4 is 16.0 Å². The molecule has 2 heterocycles. The number of hydrogen-bond acceptors (Lipinski definition) is 4. The third-order valence-electron chi connectivity index (χ3n) is 6.21. The maximum Gasteiger partial charge on any atom is 0.320 e. The second-order valence-corrected chi connectivity index (χ2v) is 9.10. The second-order valence-electron chi connectivity index (χ2n) is 8.35. The van der Waals surface area contributed by atoms with Crippen molar-refractivity contribution in [2.45, 2.75) is 24.8 Å². The molecule has 2 aromatic carbocycles. The van der Waals surface area contributed by atoms with Crippen molar-refractivity contribution < 1.29 is 18.3 Å². The van der Waals surface area contributed by atoms with Gasteiger partial charge in [0.1, 0.15) is 10.4 Å². The number of rotatable bonds is 7. The number of anilines is 1. The van der Waals surface area contributed by atoms with E-state index in [0.717, 1.165) is 17.3 Å². The average Bonchev–Trinajstić information content (AvgIpc) is 3.36. The van der Waals surface area contributed by atoms with Crippen molar-refractivity contribution in [3.8, 4) is 5.69 Å². The van der Waals surface area contributed by atoms with E-state index in [9.17, 15) is 13.6 Å². The summed E-state index contributed by atoms with van der Waals surface area (Å²) in [4.78, 5) is 13.3. The smallest absolute Gasteiger partial charge is 0.320 e. The molecule has 7 nitrogen and oxygen atoms in total. The fraction of sp³-hybridized carbons (Fsp3) is 0.333. The molecule has 1 aromatic heterocycles. The molecular formula is C24H26BrF2N5O2. The maximum absolute atomic E-state index is 14.0. The number of amides is 2. The Kier molecular flexibility index (Phi) is 7.30. The number of para-hydroxylation sites is 1. The summed E-state index contributed by atoms with van der Waals surface area (Å²) in [5, 5.41) is 13.8. The normalized spacial score (nSPS) is 19.9. The Labute approximate surface area is 205 Å². The summed E-state index contributed by atoms with van der Waals surface area (Å²) in [7, 11) is 1.59. The van der Waals surface area contributed by atoms with Gasteiger partial charge in [0, 0.05) is 38.3 Å². The Morgan fingerprint density at radius 2 is 2.03 bits per heavy atom. The number of aromatic nitrogens is 2. The molecule has 1 aliphatic heterocycles. The SMILES string of the molecule is COCC[C@@]1(NC(=O)Nc2c(C)c(Br)nn2-c2ccccc2)CNC[C@H]1c1ccc(F)c(F)c1. The molecule has 0 bridgehead atoms. The molecule has 34 heavy (non-hydrogen) atoms. The van der Waals surface area contributed by atoms with Crippen LogP contribution in [-0.4, -0.2) is 48.2 Å². The van der Waals surface area contributed by atoms with E-state index < -0.39 is 23.2 Å². The monoisotopic (exact) mass is 533 g/mol. The number of urea groups is 1. The summed E-state index contributed by atoms with van der Waals surface area (Å²) >= 11 is 3.44. The molecule has 0 radical (unpaired) electrons. The molecule has 0 saturated carbocycles. The van der Waals surface area contributed by atoms with E-state index in [4.69, 9.17) is 4.74 Å². The highest BCUT2D eigenvalue weighted by Crippen LogP contribution is 2.36. The van der Waals surface area contributed by atoms with E-state index >= 15 is 0 Å². The summed E-state index contributed by atoms with van der Waals surface area (Å²) < 4.78 is 35.1. The van der Waals surface area contributed by atoms with E-state index in [1.807, 2.05) is 37.3 Å². The lowest BCUT2D eigenvalue weighted by molar-refractivity contribution is 0.155. The van der Waals surface area contributed by atoms with Crippen molar-refractivity contribution in [1.82, 2.24) is 20.4 Å². The average molecular weight is 534 g/mol. The van der Waals surface area contributed by atoms with Crippen LogP contribution in [0.1, 0.15) is 23.5 Å². The molecule has 1 aliphatic rings. The highest BCUT2D eigenvalue weighted by atomic mass is 79.9. The molecule has 3 N–H and O–H groups in total. The minimum absolute atomic E-state index is 0.282.